The van der Waals surface area contributed by atoms with E-state index in [-0.39, 0.29) is 16.9 Å². The van der Waals surface area contributed by atoms with Gasteiger partial charge in [0, 0.05) is 23.4 Å². The molecule has 1 heterocycles. The highest BCUT2D eigenvalue weighted by molar-refractivity contribution is 7.98. The van der Waals surface area contributed by atoms with E-state index in [2.05, 4.69) is 15.0 Å². The van der Waals surface area contributed by atoms with Gasteiger partial charge in [-0.2, -0.15) is 0 Å². The third-order valence-corrected chi connectivity index (χ3v) is 3.70. The summed E-state index contributed by atoms with van der Waals surface area (Å²) in [5.41, 5.74) is -0.268. The fourth-order valence-electron chi connectivity index (χ4n) is 1.92. The van der Waals surface area contributed by atoms with E-state index in [1.807, 2.05) is 0 Å². The predicted octanol–water partition coefficient (Wildman–Crippen LogP) is 3.77. The highest BCUT2D eigenvalue weighted by atomic mass is 32.2. The van der Waals surface area contributed by atoms with Crippen LogP contribution in [0.25, 0.3) is 0 Å². The van der Waals surface area contributed by atoms with Crippen molar-refractivity contribution >= 4 is 35.6 Å². The predicted molar refractivity (Wildman–Crippen MR) is 77.8 cm³/mol. The second-order valence-electron chi connectivity index (χ2n) is 4.49. The summed E-state index contributed by atoms with van der Waals surface area (Å²) in [6.07, 6.45) is 1.31. The molecule has 0 saturated heterocycles. The Balaban J connectivity index is 1.90. The zero-order valence-electron chi connectivity index (χ0n) is 11.2. The summed E-state index contributed by atoms with van der Waals surface area (Å²) in [5.74, 6) is -6.03. The smallest absolute Gasteiger partial charge is 0.255 e. The van der Waals surface area contributed by atoms with Gasteiger partial charge in [-0.05, 0) is 24.1 Å². The van der Waals surface area contributed by atoms with E-state index in [0.29, 0.717) is 17.0 Å². The molecule has 4 nitrogen and oxygen atoms in total. The maximum absolute atomic E-state index is 13.9. The molecule has 0 atom stereocenters. The van der Waals surface area contributed by atoms with E-state index in [4.69, 9.17) is 0 Å². The SMILES string of the molecule is O=C(Nc1cc(F)c(F)c(F)c1)c1cc(F)c2c(c1)SNC=N2. The second kappa shape index (κ2) is 5.92. The van der Waals surface area contributed by atoms with Crippen molar-refractivity contribution in [2.24, 2.45) is 4.99 Å². The zero-order valence-corrected chi connectivity index (χ0v) is 12.0. The number of hydrogen-bond donors (Lipinski definition) is 2. The van der Waals surface area contributed by atoms with Gasteiger partial charge in [-0.1, -0.05) is 0 Å². The standard InChI is InChI=1S/C14H7F4N3OS/c15-8-3-7(4-9(16)12(8)18)21-14(22)6-1-10(17)13-11(2-6)23-20-5-19-13/h1-5H,(H,19,20)(H,21,22). The zero-order chi connectivity index (χ0) is 16.6. The van der Waals surface area contributed by atoms with Crippen LogP contribution in [0.1, 0.15) is 10.4 Å². The van der Waals surface area contributed by atoms with Gasteiger partial charge in [0.15, 0.2) is 23.3 Å². The first kappa shape index (κ1) is 15.3. The molecule has 9 heteroatoms. The van der Waals surface area contributed by atoms with Crippen molar-refractivity contribution in [3.8, 4) is 0 Å². The van der Waals surface area contributed by atoms with Crippen molar-refractivity contribution in [3.63, 3.8) is 0 Å². The Morgan fingerprint density at radius 3 is 2.43 bits per heavy atom. The first-order chi connectivity index (χ1) is 11.0. The topological polar surface area (TPSA) is 53.5 Å². The van der Waals surface area contributed by atoms with E-state index < -0.39 is 29.2 Å². The minimum absolute atomic E-state index is 0.0715. The molecule has 1 aliphatic heterocycles. The molecule has 0 spiro atoms. The largest absolute Gasteiger partial charge is 0.322 e. The van der Waals surface area contributed by atoms with Crippen molar-refractivity contribution < 1.29 is 22.4 Å². The van der Waals surface area contributed by atoms with Crippen LogP contribution < -0.4 is 10.0 Å². The van der Waals surface area contributed by atoms with Crippen molar-refractivity contribution in [2.45, 2.75) is 4.90 Å². The number of halogens is 4. The van der Waals surface area contributed by atoms with Gasteiger partial charge in [0.25, 0.3) is 5.91 Å². The molecule has 0 fully saturated rings. The number of fused-ring (bicyclic) bond motifs is 1. The number of carbonyl (C=O) groups is 1. The minimum Gasteiger partial charge on any atom is -0.322 e. The Morgan fingerprint density at radius 1 is 1.04 bits per heavy atom. The number of amides is 1. The Kier molecular flexibility index (Phi) is 3.95. The summed E-state index contributed by atoms with van der Waals surface area (Å²) >= 11 is 1.06. The first-order valence-electron chi connectivity index (χ1n) is 6.20. The van der Waals surface area contributed by atoms with Gasteiger partial charge in [0.2, 0.25) is 0 Å². The molecule has 0 aromatic heterocycles. The van der Waals surface area contributed by atoms with E-state index in [1.165, 1.54) is 12.4 Å². The number of nitrogens with zero attached hydrogens (tertiary/aromatic N) is 1. The van der Waals surface area contributed by atoms with Crippen LogP contribution >= 0.6 is 11.9 Å². The fraction of sp³-hybridized carbons (Fsp3) is 0. The summed E-state index contributed by atoms with van der Waals surface area (Å²) in [5, 5.41) is 2.18. The molecule has 2 N–H and O–H groups in total. The molecule has 0 aliphatic carbocycles. The minimum atomic E-state index is -1.64. The highest BCUT2D eigenvalue weighted by Gasteiger charge is 2.18. The summed E-state index contributed by atoms with van der Waals surface area (Å²) in [6, 6.07) is 3.59. The number of carbonyl (C=O) groups excluding carboxylic acids is 1. The van der Waals surface area contributed by atoms with Gasteiger partial charge < -0.3 is 10.0 Å². The molecule has 118 valence electrons. The average Bonchev–Trinajstić information content (AvgIpc) is 2.52. The van der Waals surface area contributed by atoms with E-state index >= 15 is 0 Å². The Labute approximate surface area is 131 Å². The molecule has 2 aromatic rings. The summed E-state index contributed by atoms with van der Waals surface area (Å²) < 4.78 is 55.7. The van der Waals surface area contributed by atoms with Crippen LogP contribution in [0.2, 0.25) is 0 Å². The molecule has 1 aliphatic rings. The summed E-state index contributed by atoms with van der Waals surface area (Å²) in [4.78, 5) is 16.3. The second-order valence-corrected chi connectivity index (χ2v) is 5.37. The van der Waals surface area contributed by atoms with Gasteiger partial charge >= 0.3 is 0 Å². The molecule has 0 saturated carbocycles. The third-order valence-electron chi connectivity index (χ3n) is 2.95. The number of nitrogens with one attached hydrogen (secondary N) is 2. The maximum atomic E-state index is 13.9. The quantitative estimate of drug-likeness (QED) is 0.497. The Hall–Kier alpha value is -2.55. The lowest BCUT2D eigenvalue weighted by molar-refractivity contribution is 0.102. The van der Waals surface area contributed by atoms with Crippen molar-refractivity contribution in [1.29, 1.82) is 0 Å². The van der Waals surface area contributed by atoms with Gasteiger partial charge in [0.1, 0.15) is 5.69 Å². The van der Waals surface area contributed by atoms with Crippen LogP contribution in [0.4, 0.5) is 28.9 Å². The normalized spacial score (nSPS) is 12.5. The number of aliphatic imine (C=N–C) groups is 1. The van der Waals surface area contributed by atoms with Crippen LogP contribution in [0.3, 0.4) is 0 Å². The molecule has 3 rings (SSSR count). The van der Waals surface area contributed by atoms with Crippen LogP contribution in [-0.4, -0.2) is 12.2 Å². The number of anilines is 1. The Morgan fingerprint density at radius 2 is 1.74 bits per heavy atom. The van der Waals surface area contributed by atoms with Crippen LogP contribution in [0.15, 0.2) is 34.2 Å². The van der Waals surface area contributed by atoms with Crippen LogP contribution in [-0.2, 0) is 0 Å². The third kappa shape index (κ3) is 3.00. The van der Waals surface area contributed by atoms with Gasteiger partial charge in [0.05, 0.1) is 11.2 Å². The fourth-order valence-corrected chi connectivity index (χ4v) is 2.58. The lowest BCUT2D eigenvalue weighted by Gasteiger charge is -2.13. The Bertz CT molecular complexity index is 818. The van der Waals surface area contributed by atoms with Gasteiger partial charge in [-0.3, -0.25) is 4.79 Å². The molecule has 23 heavy (non-hydrogen) atoms. The lowest BCUT2D eigenvalue weighted by atomic mass is 10.1. The van der Waals surface area contributed by atoms with E-state index in [1.54, 1.807) is 0 Å². The van der Waals surface area contributed by atoms with Crippen molar-refractivity contribution in [3.05, 3.63) is 53.1 Å². The summed E-state index contributed by atoms with van der Waals surface area (Å²) in [6.45, 7) is 0. The number of rotatable bonds is 2. The average molecular weight is 341 g/mol. The monoisotopic (exact) mass is 341 g/mol. The van der Waals surface area contributed by atoms with Gasteiger partial charge in [-0.25, -0.2) is 22.6 Å². The summed E-state index contributed by atoms with van der Waals surface area (Å²) in [7, 11) is 0. The van der Waals surface area contributed by atoms with Crippen molar-refractivity contribution in [2.75, 3.05) is 5.32 Å². The highest BCUT2D eigenvalue weighted by Crippen LogP contribution is 2.34. The maximum Gasteiger partial charge on any atom is 0.255 e. The molecule has 0 bridgehead atoms. The van der Waals surface area contributed by atoms with E-state index in [0.717, 1.165) is 18.0 Å². The molecule has 2 aromatic carbocycles. The molecular formula is C14H7F4N3OS. The van der Waals surface area contributed by atoms with Gasteiger partial charge in [-0.15, -0.1) is 0 Å². The number of hydrogen-bond acceptors (Lipinski definition) is 4. The molecule has 1 amide bonds. The molecular weight excluding hydrogens is 334 g/mol. The van der Waals surface area contributed by atoms with E-state index in [9.17, 15) is 22.4 Å². The molecule has 0 radical (unpaired) electrons. The lowest BCUT2D eigenvalue weighted by Crippen LogP contribution is -2.14. The van der Waals surface area contributed by atoms with Crippen molar-refractivity contribution in [1.82, 2.24) is 4.72 Å². The van der Waals surface area contributed by atoms with Crippen LogP contribution in [0, 0.1) is 23.3 Å². The van der Waals surface area contributed by atoms with Crippen LogP contribution in [0.5, 0.6) is 0 Å². The number of benzene rings is 2. The first-order valence-corrected chi connectivity index (χ1v) is 7.01. The molecule has 0 unspecified atom stereocenters.